The van der Waals surface area contributed by atoms with Gasteiger partial charge in [0, 0.05) is 12.1 Å². The molecule has 0 spiro atoms. The van der Waals surface area contributed by atoms with Gasteiger partial charge in [0.15, 0.2) is 0 Å². The molecule has 2 aromatic rings. The first-order chi connectivity index (χ1) is 8.63. The molecule has 1 aromatic heterocycles. The Morgan fingerprint density at radius 2 is 2.17 bits per heavy atom. The second-order valence-corrected chi connectivity index (χ2v) is 5.02. The van der Waals surface area contributed by atoms with Crippen molar-refractivity contribution in [1.29, 1.82) is 0 Å². The van der Waals surface area contributed by atoms with E-state index in [0.29, 0.717) is 22.6 Å². The molecule has 2 rings (SSSR count). The fraction of sp³-hybridized carbons (Fsp3) is 0.250. The van der Waals surface area contributed by atoms with Crippen LogP contribution in [0.3, 0.4) is 0 Å². The molecule has 6 heteroatoms. The number of aromatic nitrogens is 2. The quantitative estimate of drug-likeness (QED) is 0.936. The number of methoxy groups -OCH3 is 1. The number of H-pyrrole nitrogens is 1. The maximum absolute atomic E-state index is 12.0. The Kier molecular flexibility index (Phi) is 4.27. The maximum Gasteiger partial charge on any atom is 0.281 e. The van der Waals surface area contributed by atoms with Crippen molar-refractivity contribution in [3.05, 3.63) is 55.4 Å². The first kappa shape index (κ1) is 13.4. The number of halogens is 2. The molecule has 4 nitrogen and oxygen atoms in total. The Morgan fingerprint density at radius 1 is 1.44 bits per heavy atom. The molecule has 0 radical (unpaired) electrons. The largest absolute Gasteiger partial charge is 0.378 e. The molecule has 0 amide bonds. The van der Waals surface area contributed by atoms with E-state index in [2.05, 4.69) is 21.0 Å². The molecule has 0 aliphatic carbocycles. The third-order valence-electron chi connectivity index (χ3n) is 2.54. The molecular formula is C12H12BrClN2O2. The summed E-state index contributed by atoms with van der Waals surface area (Å²) in [6.07, 6.45) is 0. The molecule has 96 valence electrons. The molecule has 0 aliphatic heterocycles. The highest BCUT2D eigenvalue weighted by Gasteiger charge is 2.12. The van der Waals surface area contributed by atoms with Crippen molar-refractivity contribution in [3.8, 4) is 0 Å². The number of hydrogen-bond acceptors (Lipinski definition) is 2. The minimum atomic E-state index is -0.123. The predicted octanol–water partition coefficient (Wildman–Crippen LogP) is 2.79. The van der Waals surface area contributed by atoms with Gasteiger partial charge >= 0.3 is 0 Å². The van der Waals surface area contributed by atoms with Crippen molar-refractivity contribution in [2.75, 3.05) is 7.11 Å². The highest BCUT2D eigenvalue weighted by atomic mass is 79.9. The van der Waals surface area contributed by atoms with Crippen LogP contribution in [0.4, 0.5) is 0 Å². The smallest absolute Gasteiger partial charge is 0.281 e. The van der Waals surface area contributed by atoms with E-state index in [1.165, 1.54) is 4.68 Å². The number of hydrogen-bond donors (Lipinski definition) is 1. The second kappa shape index (κ2) is 5.73. The molecular weight excluding hydrogens is 320 g/mol. The lowest BCUT2D eigenvalue weighted by Crippen LogP contribution is -2.17. The Hall–Kier alpha value is -1.04. The number of ether oxygens (including phenoxy) is 1. The monoisotopic (exact) mass is 330 g/mol. The second-order valence-electron chi connectivity index (χ2n) is 3.82. The minimum Gasteiger partial charge on any atom is -0.378 e. The molecule has 0 aliphatic rings. The van der Waals surface area contributed by atoms with Crippen LogP contribution in [0.1, 0.15) is 11.3 Å². The molecule has 1 N–H and O–H groups in total. The zero-order valence-electron chi connectivity index (χ0n) is 9.74. The summed E-state index contributed by atoms with van der Waals surface area (Å²) in [4.78, 5) is 12.0. The van der Waals surface area contributed by atoms with Crippen LogP contribution in [0.2, 0.25) is 5.02 Å². The van der Waals surface area contributed by atoms with E-state index in [4.69, 9.17) is 16.3 Å². The average Bonchev–Trinajstić information content (AvgIpc) is 2.61. The van der Waals surface area contributed by atoms with Crippen LogP contribution >= 0.6 is 27.5 Å². The molecule has 0 saturated heterocycles. The Morgan fingerprint density at radius 3 is 2.83 bits per heavy atom. The third kappa shape index (κ3) is 2.68. The van der Waals surface area contributed by atoms with Crippen LogP contribution in [0, 0.1) is 0 Å². The number of rotatable bonds is 4. The van der Waals surface area contributed by atoms with Crippen LogP contribution < -0.4 is 5.56 Å². The first-order valence-electron chi connectivity index (χ1n) is 5.33. The SMILES string of the molecule is COCc1[nH]n(Cc2ccccc2Cl)c(=O)c1Br. The lowest BCUT2D eigenvalue weighted by Gasteiger charge is -2.04. The molecule has 0 unspecified atom stereocenters. The van der Waals surface area contributed by atoms with Gasteiger partial charge in [0.05, 0.1) is 18.8 Å². The van der Waals surface area contributed by atoms with Crippen LogP contribution in [0.15, 0.2) is 33.5 Å². The predicted molar refractivity (Wildman–Crippen MR) is 74.0 cm³/mol. The standard InChI is InChI=1S/C12H12BrClN2O2/c1-18-7-10-11(13)12(17)16(15-10)6-8-4-2-3-5-9(8)14/h2-5,15H,6-7H2,1H3. The summed E-state index contributed by atoms with van der Waals surface area (Å²) in [5.41, 5.74) is 1.48. The highest BCUT2D eigenvalue weighted by molar-refractivity contribution is 9.10. The van der Waals surface area contributed by atoms with Crippen LogP contribution in [-0.2, 0) is 17.9 Å². The lowest BCUT2D eigenvalue weighted by molar-refractivity contribution is 0.180. The number of aromatic amines is 1. The van der Waals surface area contributed by atoms with Gasteiger partial charge in [0.25, 0.3) is 5.56 Å². The molecule has 1 aromatic carbocycles. The summed E-state index contributed by atoms with van der Waals surface area (Å²) in [7, 11) is 1.58. The van der Waals surface area contributed by atoms with Gasteiger partial charge in [-0.1, -0.05) is 29.8 Å². The fourth-order valence-electron chi connectivity index (χ4n) is 1.66. The highest BCUT2D eigenvalue weighted by Crippen LogP contribution is 2.17. The summed E-state index contributed by atoms with van der Waals surface area (Å²) in [6, 6.07) is 7.44. The van der Waals surface area contributed by atoms with E-state index in [0.717, 1.165) is 11.3 Å². The summed E-state index contributed by atoms with van der Waals surface area (Å²) in [6.45, 7) is 0.756. The van der Waals surface area contributed by atoms with Gasteiger partial charge in [-0.2, -0.15) is 0 Å². The van der Waals surface area contributed by atoms with Crippen molar-refractivity contribution in [2.45, 2.75) is 13.2 Å². The van der Waals surface area contributed by atoms with Crippen molar-refractivity contribution < 1.29 is 4.74 Å². The van der Waals surface area contributed by atoms with Crippen LogP contribution in [-0.4, -0.2) is 16.9 Å². The van der Waals surface area contributed by atoms with E-state index in [9.17, 15) is 4.79 Å². The van der Waals surface area contributed by atoms with Crippen molar-refractivity contribution in [2.24, 2.45) is 0 Å². The number of benzene rings is 1. The summed E-state index contributed by atoms with van der Waals surface area (Å²) in [5.74, 6) is 0. The number of nitrogens with zero attached hydrogens (tertiary/aromatic N) is 1. The average molecular weight is 332 g/mol. The first-order valence-corrected chi connectivity index (χ1v) is 6.50. The van der Waals surface area contributed by atoms with Gasteiger partial charge in [0.2, 0.25) is 0 Å². The van der Waals surface area contributed by atoms with Gasteiger partial charge in [-0.3, -0.25) is 9.89 Å². The third-order valence-corrected chi connectivity index (χ3v) is 3.73. The van der Waals surface area contributed by atoms with Crippen molar-refractivity contribution >= 4 is 27.5 Å². The summed E-state index contributed by atoms with van der Waals surface area (Å²) < 4.78 is 7.01. The zero-order chi connectivity index (χ0) is 13.1. The van der Waals surface area contributed by atoms with Gasteiger partial charge in [-0.15, -0.1) is 0 Å². The van der Waals surface area contributed by atoms with E-state index in [1.54, 1.807) is 13.2 Å². The molecule has 0 bridgehead atoms. The molecule has 0 atom stereocenters. The molecule has 18 heavy (non-hydrogen) atoms. The zero-order valence-corrected chi connectivity index (χ0v) is 12.1. The van der Waals surface area contributed by atoms with Gasteiger partial charge in [-0.25, -0.2) is 4.68 Å². The van der Waals surface area contributed by atoms with E-state index < -0.39 is 0 Å². The topological polar surface area (TPSA) is 47.0 Å². The van der Waals surface area contributed by atoms with E-state index in [1.807, 2.05) is 18.2 Å². The summed E-state index contributed by atoms with van der Waals surface area (Å²) in [5, 5.41) is 3.64. The van der Waals surface area contributed by atoms with Gasteiger partial charge in [0.1, 0.15) is 4.47 Å². The van der Waals surface area contributed by atoms with Crippen LogP contribution in [0.25, 0.3) is 0 Å². The normalized spacial score (nSPS) is 10.8. The minimum absolute atomic E-state index is 0.123. The lowest BCUT2D eigenvalue weighted by atomic mass is 10.2. The van der Waals surface area contributed by atoms with Crippen molar-refractivity contribution in [1.82, 2.24) is 9.78 Å². The Labute approximate surface area is 118 Å². The van der Waals surface area contributed by atoms with Crippen molar-refractivity contribution in [3.63, 3.8) is 0 Å². The maximum atomic E-state index is 12.0. The van der Waals surface area contributed by atoms with Gasteiger partial charge < -0.3 is 4.74 Å². The van der Waals surface area contributed by atoms with E-state index >= 15 is 0 Å². The van der Waals surface area contributed by atoms with Gasteiger partial charge in [-0.05, 0) is 27.6 Å². The fourth-order valence-corrected chi connectivity index (χ4v) is 2.27. The van der Waals surface area contributed by atoms with E-state index in [-0.39, 0.29) is 5.56 Å². The summed E-state index contributed by atoms with van der Waals surface area (Å²) >= 11 is 9.32. The Balaban J connectivity index is 2.33. The Bertz CT molecular complexity index is 606. The number of nitrogens with one attached hydrogen (secondary N) is 1. The van der Waals surface area contributed by atoms with Crippen LogP contribution in [0.5, 0.6) is 0 Å². The molecule has 0 saturated carbocycles. The molecule has 1 heterocycles. The molecule has 0 fully saturated rings.